The highest BCUT2D eigenvalue weighted by atomic mass is 16.5. The molecule has 6 heteroatoms. The number of ether oxygens (including phenoxy) is 1. The van der Waals surface area contributed by atoms with Gasteiger partial charge in [0.25, 0.3) is 5.91 Å². The van der Waals surface area contributed by atoms with E-state index in [-0.39, 0.29) is 11.9 Å². The first-order chi connectivity index (χ1) is 8.58. The van der Waals surface area contributed by atoms with Crippen LogP contribution >= 0.6 is 0 Å². The molecule has 1 aromatic rings. The third-order valence-electron chi connectivity index (χ3n) is 2.27. The topological polar surface area (TPSA) is 80.3 Å². The largest absolute Gasteiger partial charge is 0.467 e. The van der Waals surface area contributed by atoms with Crippen molar-refractivity contribution < 1.29 is 14.3 Å². The van der Waals surface area contributed by atoms with Crippen LogP contribution in [0.1, 0.15) is 24.3 Å². The van der Waals surface area contributed by atoms with E-state index in [0.717, 1.165) is 0 Å². The predicted molar refractivity (Wildman–Crippen MR) is 67.3 cm³/mol. The number of hydrogen-bond donors (Lipinski definition) is 2. The Morgan fingerprint density at radius 3 is 2.83 bits per heavy atom. The normalized spacial score (nSPS) is 11.5. The molecule has 1 aromatic heterocycles. The summed E-state index contributed by atoms with van der Waals surface area (Å²) in [6.07, 6.45) is 1.51. The van der Waals surface area contributed by atoms with Crippen molar-refractivity contribution in [3.8, 4) is 0 Å². The van der Waals surface area contributed by atoms with Gasteiger partial charge in [0, 0.05) is 18.4 Å². The van der Waals surface area contributed by atoms with Crippen LogP contribution in [0.5, 0.6) is 0 Å². The van der Waals surface area contributed by atoms with Gasteiger partial charge in [0.1, 0.15) is 11.7 Å². The van der Waals surface area contributed by atoms with E-state index >= 15 is 0 Å². The fourth-order valence-corrected chi connectivity index (χ4v) is 1.38. The molecule has 0 spiro atoms. The average molecular weight is 251 g/mol. The lowest BCUT2D eigenvalue weighted by atomic mass is 10.2. The van der Waals surface area contributed by atoms with Gasteiger partial charge in [0.15, 0.2) is 0 Å². The van der Waals surface area contributed by atoms with Crippen LogP contribution in [0.4, 0.5) is 5.69 Å². The number of amides is 1. The van der Waals surface area contributed by atoms with E-state index in [1.54, 1.807) is 19.1 Å². The first-order valence-corrected chi connectivity index (χ1v) is 5.67. The van der Waals surface area contributed by atoms with Crippen molar-refractivity contribution in [3.63, 3.8) is 0 Å². The Balaban J connectivity index is 2.76. The third kappa shape index (κ3) is 3.73. The highest BCUT2D eigenvalue weighted by molar-refractivity contribution is 5.93. The smallest absolute Gasteiger partial charge is 0.327 e. The highest BCUT2D eigenvalue weighted by Gasteiger charge is 2.13. The van der Waals surface area contributed by atoms with E-state index in [2.05, 4.69) is 20.4 Å². The average Bonchev–Trinajstić information content (AvgIpc) is 2.38. The number of aromatic nitrogens is 1. The maximum atomic E-state index is 11.6. The van der Waals surface area contributed by atoms with Crippen LogP contribution in [0.25, 0.3) is 0 Å². The number of anilines is 1. The molecular weight excluding hydrogens is 234 g/mol. The van der Waals surface area contributed by atoms with Gasteiger partial charge < -0.3 is 15.4 Å². The molecule has 0 aliphatic carbocycles. The van der Waals surface area contributed by atoms with E-state index in [0.29, 0.717) is 17.9 Å². The van der Waals surface area contributed by atoms with Crippen LogP contribution in [0.2, 0.25) is 0 Å². The lowest BCUT2D eigenvalue weighted by molar-refractivity contribution is -0.141. The minimum absolute atomic E-state index is 0.244. The zero-order valence-corrected chi connectivity index (χ0v) is 10.7. The number of methoxy groups -OCH3 is 1. The number of esters is 1. The van der Waals surface area contributed by atoms with Crippen molar-refractivity contribution in [2.24, 2.45) is 0 Å². The molecule has 18 heavy (non-hydrogen) atoms. The van der Waals surface area contributed by atoms with E-state index in [1.165, 1.54) is 13.3 Å². The molecule has 0 fully saturated rings. The Morgan fingerprint density at radius 1 is 1.50 bits per heavy atom. The molecule has 6 nitrogen and oxygen atoms in total. The molecule has 2 N–H and O–H groups in total. The molecule has 1 atom stereocenters. The molecule has 98 valence electrons. The number of carbonyl (C=O) groups is 2. The van der Waals surface area contributed by atoms with Crippen LogP contribution in [0, 0.1) is 0 Å². The van der Waals surface area contributed by atoms with Gasteiger partial charge in [0.05, 0.1) is 7.11 Å². The summed E-state index contributed by atoms with van der Waals surface area (Å²) in [6.45, 7) is 4.05. The van der Waals surface area contributed by atoms with E-state index in [4.69, 9.17) is 0 Å². The molecule has 1 unspecified atom stereocenters. The molecule has 0 radical (unpaired) electrons. The standard InChI is InChI=1S/C12H17N3O3/c1-4-13-11(16)10-7-9(5-6-14-10)15-8(2)12(17)18-3/h5-8H,4H2,1-3H3,(H,13,16)(H,14,15). The van der Waals surface area contributed by atoms with Crippen LogP contribution in [0.15, 0.2) is 18.3 Å². The molecule has 0 aliphatic heterocycles. The Bertz CT molecular complexity index is 434. The third-order valence-corrected chi connectivity index (χ3v) is 2.27. The van der Waals surface area contributed by atoms with Gasteiger partial charge in [-0.3, -0.25) is 9.78 Å². The van der Waals surface area contributed by atoms with Crippen molar-refractivity contribution in [3.05, 3.63) is 24.0 Å². The maximum absolute atomic E-state index is 11.6. The summed E-state index contributed by atoms with van der Waals surface area (Å²) in [5, 5.41) is 5.59. The number of rotatable bonds is 5. The predicted octanol–water partition coefficient (Wildman–Crippen LogP) is 0.805. The SMILES string of the molecule is CCNC(=O)c1cc(NC(C)C(=O)OC)ccn1. The van der Waals surface area contributed by atoms with Gasteiger partial charge in [0.2, 0.25) is 0 Å². The van der Waals surface area contributed by atoms with Gasteiger partial charge in [-0.25, -0.2) is 4.79 Å². The minimum Gasteiger partial charge on any atom is -0.467 e. The molecule has 0 aromatic carbocycles. The Kier molecular flexibility index (Phi) is 5.10. The zero-order chi connectivity index (χ0) is 13.5. The van der Waals surface area contributed by atoms with E-state index < -0.39 is 6.04 Å². The summed E-state index contributed by atoms with van der Waals surface area (Å²) in [4.78, 5) is 26.8. The summed E-state index contributed by atoms with van der Waals surface area (Å²) < 4.78 is 4.60. The summed E-state index contributed by atoms with van der Waals surface area (Å²) in [6, 6.07) is 2.78. The molecule has 0 bridgehead atoms. The Labute approximate surface area is 106 Å². The first-order valence-electron chi connectivity index (χ1n) is 5.67. The van der Waals surface area contributed by atoms with Gasteiger partial charge >= 0.3 is 5.97 Å². The second kappa shape index (κ2) is 6.58. The van der Waals surface area contributed by atoms with Gasteiger partial charge in [-0.2, -0.15) is 0 Å². The number of hydrogen-bond acceptors (Lipinski definition) is 5. The van der Waals surface area contributed by atoms with Crippen molar-refractivity contribution >= 4 is 17.6 Å². The molecule has 1 rings (SSSR count). The summed E-state index contributed by atoms with van der Waals surface area (Å²) in [5.41, 5.74) is 0.947. The fraction of sp³-hybridized carbons (Fsp3) is 0.417. The summed E-state index contributed by atoms with van der Waals surface area (Å²) >= 11 is 0. The number of nitrogens with zero attached hydrogens (tertiary/aromatic N) is 1. The zero-order valence-electron chi connectivity index (χ0n) is 10.7. The Hall–Kier alpha value is -2.11. The second-order valence-corrected chi connectivity index (χ2v) is 3.68. The molecule has 1 amide bonds. The molecule has 0 aliphatic rings. The Morgan fingerprint density at radius 2 is 2.22 bits per heavy atom. The monoisotopic (exact) mass is 251 g/mol. The number of pyridine rings is 1. The molecule has 0 saturated heterocycles. The van der Waals surface area contributed by atoms with Crippen molar-refractivity contribution in [1.82, 2.24) is 10.3 Å². The fourth-order valence-electron chi connectivity index (χ4n) is 1.38. The van der Waals surface area contributed by atoms with Crippen LogP contribution in [0.3, 0.4) is 0 Å². The van der Waals surface area contributed by atoms with E-state index in [1.807, 2.05) is 6.92 Å². The van der Waals surface area contributed by atoms with Crippen LogP contribution in [-0.2, 0) is 9.53 Å². The van der Waals surface area contributed by atoms with Crippen molar-refractivity contribution in [2.45, 2.75) is 19.9 Å². The van der Waals surface area contributed by atoms with Crippen LogP contribution < -0.4 is 10.6 Å². The number of nitrogens with one attached hydrogen (secondary N) is 2. The minimum atomic E-state index is -0.487. The number of carbonyl (C=O) groups excluding carboxylic acids is 2. The highest BCUT2D eigenvalue weighted by Crippen LogP contribution is 2.10. The maximum Gasteiger partial charge on any atom is 0.327 e. The molecule has 1 heterocycles. The summed E-state index contributed by atoms with van der Waals surface area (Å²) in [5.74, 6) is -0.613. The van der Waals surface area contributed by atoms with Gasteiger partial charge in [-0.15, -0.1) is 0 Å². The lowest BCUT2D eigenvalue weighted by Gasteiger charge is -2.13. The van der Waals surface area contributed by atoms with E-state index in [9.17, 15) is 9.59 Å². The van der Waals surface area contributed by atoms with Crippen molar-refractivity contribution in [2.75, 3.05) is 19.0 Å². The summed E-state index contributed by atoms with van der Waals surface area (Å²) in [7, 11) is 1.33. The van der Waals surface area contributed by atoms with Gasteiger partial charge in [-0.1, -0.05) is 0 Å². The molecular formula is C12H17N3O3. The first kappa shape index (κ1) is 14.0. The molecule has 0 saturated carbocycles. The van der Waals surface area contributed by atoms with Crippen LogP contribution in [-0.4, -0.2) is 36.6 Å². The quantitative estimate of drug-likeness (QED) is 0.757. The van der Waals surface area contributed by atoms with Crippen molar-refractivity contribution in [1.29, 1.82) is 0 Å². The van der Waals surface area contributed by atoms with Gasteiger partial charge in [-0.05, 0) is 26.0 Å². The lowest BCUT2D eigenvalue weighted by Crippen LogP contribution is -2.28. The second-order valence-electron chi connectivity index (χ2n) is 3.68.